The van der Waals surface area contributed by atoms with Gasteiger partial charge in [0.1, 0.15) is 5.54 Å². The Hall–Kier alpha value is -1.96. The molecule has 0 spiro atoms. The summed E-state index contributed by atoms with van der Waals surface area (Å²) in [6.07, 6.45) is 4.69. The number of hydrogen-bond donors (Lipinski definition) is 0. The van der Waals surface area contributed by atoms with E-state index < -0.39 is 5.54 Å². The number of benzene rings is 1. The number of rotatable bonds is 5. The topological polar surface area (TPSA) is 56.8 Å². The summed E-state index contributed by atoms with van der Waals surface area (Å²) in [6.45, 7) is 3.60. The van der Waals surface area contributed by atoms with Crippen molar-refractivity contribution in [3.05, 3.63) is 46.4 Å². The van der Waals surface area contributed by atoms with E-state index in [4.69, 9.17) is 11.6 Å². The van der Waals surface area contributed by atoms with Crippen LogP contribution in [0.4, 0.5) is 5.13 Å². The summed E-state index contributed by atoms with van der Waals surface area (Å²) in [4.78, 5) is 37.0. The van der Waals surface area contributed by atoms with E-state index in [-0.39, 0.29) is 11.7 Å². The van der Waals surface area contributed by atoms with Gasteiger partial charge in [0.2, 0.25) is 5.91 Å². The van der Waals surface area contributed by atoms with Crippen LogP contribution in [0.15, 0.2) is 35.8 Å². The first-order chi connectivity index (χ1) is 14.5. The molecule has 1 aliphatic carbocycles. The predicted octanol–water partition coefficient (Wildman–Crippen LogP) is 3.42. The molecule has 6 nitrogen and oxygen atoms in total. The average molecular weight is 447 g/mol. The summed E-state index contributed by atoms with van der Waals surface area (Å²) in [7, 11) is 1.76. The number of Topliss-reactive ketones (excluding diaryl/α,β-unsaturated/α-hetero) is 1. The van der Waals surface area contributed by atoms with Crippen LogP contribution in [0.25, 0.3) is 0 Å². The van der Waals surface area contributed by atoms with Crippen LogP contribution in [0.1, 0.15) is 31.2 Å². The highest BCUT2D eigenvalue weighted by Crippen LogP contribution is 2.42. The number of piperazine rings is 1. The lowest BCUT2D eigenvalue weighted by atomic mass is 9.74. The summed E-state index contributed by atoms with van der Waals surface area (Å²) in [5.74, 6) is 0.0548. The monoisotopic (exact) mass is 446 g/mol. The Labute approximate surface area is 186 Å². The molecule has 4 rings (SSSR count). The Morgan fingerprint density at radius 1 is 1.23 bits per heavy atom. The van der Waals surface area contributed by atoms with Crippen molar-refractivity contribution in [3.63, 3.8) is 0 Å². The van der Waals surface area contributed by atoms with Crippen LogP contribution < -0.4 is 4.90 Å². The summed E-state index contributed by atoms with van der Waals surface area (Å²) >= 11 is 8.14. The Bertz CT molecular complexity index is 898. The van der Waals surface area contributed by atoms with Crippen molar-refractivity contribution in [2.24, 2.45) is 0 Å². The fourth-order valence-electron chi connectivity index (χ4n) is 4.61. The van der Waals surface area contributed by atoms with Crippen molar-refractivity contribution in [3.8, 4) is 0 Å². The van der Waals surface area contributed by atoms with Crippen molar-refractivity contribution in [2.75, 3.05) is 44.7 Å². The molecule has 1 aromatic carbocycles. The van der Waals surface area contributed by atoms with Crippen LogP contribution in [-0.4, -0.2) is 66.2 Å². The molecule has 160 valence electrons. The zero-order valence-electron chi connectivity index (χ0n) is 17.2. The third-order valence-corrected chi connectivity index (χ3v) is 7.50. The number of likely N-dealkylation sites (N-methyl/N-ethyl adjacent to an activating group) is 1. The van der Waals surface area contributed by atoms with Crippen LogP contribution in [0.5, 0.6) is 0 Å². The van der Waals surface area contributed by atoms with Crippen molar-refractivity contribution in [1.29, 1.82) is 0 Å². The molecule has 1 saturated heterocycles. The fourth-order valence-corrected chi connectivity index (χ4v) is 5.60. The first-order valence-electron chi connectivity index (χ1n) is 10.4. The van der Waals surface area contributed by atoms with Gasteiger partial charge in [-0.05, 0) is 25.3 Å². The SMILES string of the molecule is CN(C(=O)CN1CCN(c2nccs2)CC1)[C@@]1(c2ccccc2Cl)CCCCC1=O. The number of carbonyl (C=O) groups is 2. The molecule has 2 heterocycles. The second kappa shape index (κ2) is 9.04. The van der Waals surface area contributed by atoms with E-state index in [9.17, 15) is 9.59 Å². The van der Waals surface area contributed by atoms with Crippen molar-refractivity contribution < 1.29 is 9.59 Å². The van der Waals surface area contributed by atoms with Gasteiger partial charge in [-0.2, -0.15) is 0 Å². The minimum absolute atomic E-state index is 0.0344. The number of anilines is 1. The van der Waals surface area contributed by atoms with Gasteiger partial charge in [-0.25, -0.2) is 4.98 Å². The number of thiazole rings is 1. The van der Waals surface area contributed by atoms with Crippen molar-refractivity contribution in [2.45, 2.75) is 31.2 Å². The first kappa shape index (κ1) is 21.3. The van der Waals surface area contributed by atoms with Gasteiger partial charge < -0.3 is 9.80 Å². The molecule has 2 fully saturated rings. The van der Waals surface area contributed by atoms with Gasteiger partial charge in [-0.15, -0.1) is 11.3 Å². The molecular weight excluding hydrogens is 420 g/mol. The lowest BCUT2D eigenvalue weighted by Gasteiger charge is -2.45. The van der Waals surface area contributed by atoms with Crippen LogP contribution in [0.2, 0.25) is 5.02 Å². The van der Waals surface area contributed by atoms with Crippen LogP contribution >= 0.6 is 22.9 Å². The normalized spacial score (nSPS) is 22.9. The van der Waals surface area contributed by atoms with Gasteiger partial charge in [-0.1, -0.05) is 29.8 Å². The number of ketones is 1. The van der Waals surface area contributed by atoms with Gasteiger partial charge in [0.15, 0.2) is 10.9 Å². The maximum atomic E-state index is 13.3. The van der Waals surface area contributed by atoms with Crippen LogP contribution in [0.3, 0.4) is 0 Å². The summed E-state index contributed by atoms with van der Waals surface area (Å²) < 4.78 is 0. The van der Waals surface area contributed by atoms with Gasteiger partial charge in [0.05, 0.1) is 6.54 Å². The van der Waals surface area contributed by atoms with Gasteiger partial charge >= 0.3 is 0 Å². The highest BCUT2D eigenvalue weighted by Gasteiger charge is 2.48. The summed E-state index contributed by atoms with van der Waals surface area (Å²) in [6, 6.07) is 7.44. The lowest BCUT2D eigenvalue weighted by molar-refractivity contribution is -0.148. The highest BCUT2D eigenvalue weighted by molar-refractivity contribution is 7.13. The van der Waals surface area contributed by atoms with E-state index in [1.807, 2.05) is 29.8 Å². The Morgan fingerprint density at radius 2 is 2.00 bits per heavy atom. The molecule has 0 bridgehead atoms. The smallest absolute Gasteiger partial charge is 0.237 e. The summed E-state index contributed by atoms with van der Waals surface area (Å²) in [5, 5.41) is 3.56. The maximum Gasteiger partial charge on any atom is 0.237 e. The molecule has 1 saturated carbocycles. The van der Waals surface area contributed by atoms with Crippen molar-refractivity contribution in [1.82, 2.24) is 14.8 Å². The number of amides is 1. The number of aromatic nitrogens is 1. The Morgan fingerprint density at radius 3 is 2.67 bits per heavy atom. The molecule has 0 radical (unpaired) electrons. The van der Waals surface area contributed by atoms with Gasteiger partial charge in [0.25, 0.3) is 0 Å². The van der Waals surface area contributed by atoms with E-state index >= 15 is 0 Å². The largest absolute Gasteiger partial charge is 0.346 e. The first-order valence-corrected chi connectivity index (χ1v) is 11.7. The molecule has 1 aromatic heterocycles. The molecule has 1 aliphatic heterocycles. The second-order valence-electron chi connectivity index (χ2n) is 8.00. The number of nitrogens with zero attached hydrogens (tertiary/aromatic N) is 4. The minimum atomic E-state index is -0.962. The second-order valence-corrected chi connectivity index (χ2v) is 9.28. The summed E-state index contributed by atoms with van der Waals surface area (Å²) in [5.41, 5.74) is -0.211. The maximum absolute atomic E-state index is 13.3. The lowest BCUT2D eigenvalue weighted by Crippen LogP contribution is -2.57. The molecule has 0 unspecified atom stereocenters. The van der Waals surface area contributed by atoms with E-state index in [0.717, 1.165) is 49.7 Å². The van der Waals surface area contributed by atoms with Gasteiger partial charge in [0, 0.05) is 61.8 Å². The molecule has 2 aliphatic rings. The molecule has 1 atom stereocenters. The van der Waals surface area contributed by atoms with Crippen molar-refractivity contribution >= 4 is 39.8 Å². The number of halogens is 1. The van der Waals surface area contributed by atoms with Crippen LogP contribution in [0, 0.1) is 0 Å². The standard InChI is InChI=1S/C22H27ClN4O2S/c1-25(20(29)16-26-11-13-27(14-12-26)21-24-10-15-30-21)22(9-5-4-8-19(22)28)17-6-2-3-7-18(17)23/h2-3,6-7,10,15H,4-5,8-9,11-14,16H2,1H3/t22-/m1/s1. The third kappa shape index (κ3) is 3.98. The number of carbonyl (C=O) groups excluding carboxylic acids is 2. The Balaban J connectivity index is 1.48. The molecular formula is C22H27ClN4O2S. The highest BCUT2D eigenvalue weighted by atomic mass is 35.5. The van der Waals surface area contributed by atoms with Gasteiger partial charge in [-0.3, -0.25) is 14.5 Å². The minimum Gasteiger partial charge on any atom is -0.346 e. The fraction of sp³-hybridized carbons (Fsp3) is 0.500. The predicted molar refractivity (Wildman–Crippen MR) is 120 cm³/mol. The van der Waals surface area contributed by atoms with E-state index in [0.29, 0.717) is 24.4 Å². The van der Waals surface area contributed by atoms with E-state index in [2.05, 4.69) is 14.8 Å². The third-order valence-electron chi connectivity index (χ3n) is 6.34. The number of hydrogen-bond acceptors (Lipinski definition) is 6. The molecule has 0 N–H and O–H groups in total. The average Bonchev–Trinajstić information content (AvgIpc) is 3.30. The molecule has 8 heteroatoms. The zero-order chi connectivity index (χ0) is 21.1. The quantitative estimate of drug-likeness (QED) is 0.704. The Kier molecular flexibility index (Phi) is 6.41. The zero-order valence-corrected chi connectivity index (χ0v) is 18.8. The van der Waals surface area contributed by atoms with E-state index in [1.54, 1.807) is 29.4 Å². The van der Waals surface area contributed by atoms with E-state index in [1.165, 1.54) is 0 Å². The molecule has 2 aromatic rings. The molecule has 30 heavy (non-hydrogen) atoms. The molecule has 1 amide bonds. The van der Waals surface area contributed by atoms with Crippen LogP contribution in [-0.2, 0) is 15.1 Å².